The van der Waals surface area contributed by atoms with E-state index in [1.807, 2.05) is 0 Å². The second-order valence-corrected chi connectivity index (χ2v) is 6.65. The van der Waals surface area contributed by atoms with Gasteiger partial charge in [0.2, 0.25) is 0 Å². The summed E-state index contributed by atoms with van der Waals surface area (Å²) < 4.78 is 5.20. The number of likely N-dealkylation sites (N-methyl/N-ethyl adjacent to an activating group) is 1. The summed E-state index contributed by atoms with van der Waals surface area (Å²) in [6, 6.07) is 6.08. The topological polar surface area (TPSA) is 103 Å². The number of amides is 2. The molecule has 0 saturated carbocycles. The van der Waals surface area contributed by atoms with E-state index < -0.39 is 23.7 Å². The molecule has 3 rings (SSSR count). The minimum atomic E-state index is -1.61. The molecule has 0 aliphatic carbocycles. The third-order valence-corrected chi connectivity index (χ3v) is 5.08. The zero-order valence-corrected chi connectivity index (χ0v) is 15.0. The van der Waals surface area contributed by atoms with Crippen LogP contribution in [0.25, 0.3) is 0 Å². The summed E-state index contributed by atoms with van der Waals surface area (Å²) in [5.74, 6) is -0.824. The van der Waals surface area contributed by atoms with Crippen LogP contribution in [0.4, 0.5) is 5.69 Å². The first-order valence-electron chi connectivity index (χ1n) is 8.55. The van der Waals surface area contributed by atoms with Crippen LogP contribution >= 0.6 is 0 Å². The van der Waals surface area contributed by atoms with Crippen LogP contribution in [0.1, 0.15) is 30.6 Å². The molecule has 8 heteroatoms. The maximum atomic E-state index is 12.7. The number of hydrogen-bond acceptors (Lipinski definition) is 6. The van der Waals surface area contributed by atoms with Crippen LogP contribution in [-0.4, -0.2) is 70.6 Å². The molecule has 0 bridgehead atoms. The Morgan fingerprint density at radius 1 is 1.46 bits per heavy atom. The van der Waals surface area contributed by atoms with Gasteiger partial charge < -0.3 is 19.8 Å². The number of hydrazone groups is 1. The Balaban J connectivity index is 1.85. The predicted octanol–water partition coefficient (Wildman–Crippen LogP) is 0.382. The molecule has 2 aliphatic heterocycles. The highest BCUT2D eigenvalue weighted by Gasteiger charge is 2.46. The molecule has 2 heterocycles. The Hall–Kier alpha value is -2.29. The average molecular weight is 361 g/mol. The monoisotopic (exact) mass is 361 g/mol. The number of rotatable bonds is 4. The first-order valence-corrected chi connectivity index (χ1v) is 8.55. The number of nitrogens with zero attached hydrogens (tertiary/aromatic N) is 3. The molecule has 0 aromatic heterocycles. The zero-order valence-electron chi connectivity index (χ0n) is 15.0. The number of benzene rings is 1. The third-order valence-electron chi connectivity index (χ3n) is 5.08. The lowest BCUT2D eigenvalue weighted by Gasteiger charge is -2.26. The third kappa shape index (κ3) is 2.90. The lowest BCUT2D eigenvalue weighted by molar-refractivity contribution is -0.129. The predicted molar refractivity (Wildman–Crippen MR) is 95.0 cm³/mol. The molecule has 2 amide bonds. The van der Waals surface area contributed by atoms with Crippen molar-refractivity contribution >= 4 is 23.2 Å². The van der Waals surface area contributed by atoms with Crippen molar-refractivity contribution in [2.75, 3.05) is 25.3 Å². The van der Waals surface area contributed by atoms with Crippen molar-refractivity contribution in [2.24, 2.45) is 5.10 Å². The fourth-order valence-corrected chi connectivity index (χ4v) is 3.22. The van der Waals surface area contributed by atoms with Gasteiger partial charge in [-0.2, -0.15) is 10.1 Å². The fourth-order valence-electron chi connectivity index (χ4n) is 3.22. The molecule has 8 nitrogen and oxygen atoms in total. The van der Waals surface area contributed by atoms with E-state index in [0.717, 1.165) is 5.01 Å². The quantitative estimate of drug-likeness (QED) is 0.807. The molecule has 26 heavy (non-hydrogen) atoms. The Labute approximate surface area is 151 Å². The number of carbonyl (C=O) groups excluding carboxylic acids is 2. The van der Waals surface area contributed by atoms with Gasteiger partial charge in [-0.1, -0.05) is 13.0 Å². The van der Waals surface area contributed by atoms with Gasteiger partial charge in [-0.25, -0.2) is 0 Å². The highest BCUT2D eigenvalue weighted by molar-refractivity contribution is 6.21. The molecule has 0 radical (unpaired) electrons. The molecule has 1 fully saturated rings. The van der Waals surface area contributed by atoms with Crippen molar-refractivity contribution < 1.29 is 24.5 Å². The van der Waals surface area contributed by atoms with Gasteiger partial charge in [0, 0.05) is 12.6 Å². The molecule has 0 spiro atoms. The van der Waals surface area contributed by atoms with Gasteiger partial charge >= 0.3 is 0 Å². The highest BCUT2D eigenvalue weighted by Crippen LogP contribution is 2.29. The van der Waals surface area contributed by atoms with E-state index in [-0.39, 0.29) is 25.5 Å². The van der Waals surface area contributed by atoms with Crippen molar-refractivity contribution in [3.63, 3.8) is 0 Å². The first-order chi connectivity index (χ1) is 12.3. The van der Waals surface area contributed by atoms with E-state index in [1.165, 1.54) is 4.90 Å². The number of ether oxygens (including phenoxy) is 1. The maximum absolute atomic E-state index is 12.7. The fraction of sp³-hybridized carbons (Fsp3) is 0.500. The smallest absolute Gasteiger partial charge is 0.285 e. The largest absolute Gasteiger partial charge is 0.388 e. The van der Waals surface area contributed by atoms with Gasteiger partial charge in [0.25, 0.3) is 11.8 Å². The number of carbonyl (C=O) groups is 2. The number of hydrogen-bond donors (Lipinski definition) is 2. The van der Waals surface area contributed by atoms with Crippen LogP contribution in [0, 0.1) is 0 Å². The molecular weight excluding hydrogens is 338 g/mol. The molecule has 1 saturated heterocycles. The van der Waals surface area contributed by atoms with E-state index in [1.54, 1.807) is 45.2 Å². The van der Waals surface area contributed by atoms with Crippen LogP contribution < -0.4 is 5.01 Å². The minimum absolute atomic E-state index is 0.203. The van der Waals surface area contributed by atoms with Crippen molar-refractivity contribution in [3.8, 4) is 0 Å². The summed E-state index contributed by atoms with van der Waals surface area (Å²) in [6.07, 6.45) is -0.502. The van der Waals surface area contributed by atoms with E-state index in [4.69, 9.17) is 4.74 Å². The van der Waals surface area contributed by atoms with E-state index >= 15 is 0 Å². The highest BCUT2D eigenvalue weighted by atomic mass is 16.5. The molecular formula is C18H23N3O5. The zero-order chi connectivity index (χ0) is 19.1. The van der Waals surface area contributed by atoms with E-state index in [0.29, 0.717) is 17.0 Å². The standard InChI is InChI=1S/C18H23N3O5/c1-4-18(25)11(2)19-21(17(18)24)13-7-5-6-12(8-13)16(23)20(3)14-9-26-10-15(14)22/h5-8,14-15,22,25H,4,9-10H2,1-3H3/t14-,15-,18-/m0/s1. The van der Waals surface area contributed by atoms with Crippen molar-refractivity contribution in [3.05, 3.63) is 29.8 Å². The Kier molecular flexibility index (Phi) is 4.83. The second-order valence-electron chi connectivity index (χ2n) is 6.65. The summed E-state index contributed by atoms with van der Waals surface area (Å²) in [7, 11) is 1.61. The normalized spacial score (nSPS) is 28.4. The van der Waals surface area contributed by atoms with Crippen molar-refractivity contribution in [2.45, 2.75) is 38.0 Å². The van der Waals surface area contributed by atoms with Crippen LogP contribution in [0.3, 0.4) is 0 Å². The van der Waals surface area contributed by atoms with Crippen LogP contribution in [0.15, 0.2) is 29.4 Å². The van der Waals surface area contributed by atoms with Gasteiger partial charge in [0.1, 0.15) is 0 Å². The summed E-state index contributed by atoms with van der Waals surface area (Å²) >= 11 is 0. The van der Waals surface area contributed by atoms with Crippen LogP contribution in [0.5, 0.6) is 0 Å². The van der Waals surface area contributed by atoms with E-state index in [2.05, 4.69) is 5.10 Å². The van der Waals surface area contributed by atoms with Crippen LogP contribution in [-0.2, 0) is 9.53 Å². The lowest BCUT2D eigenvalue weighted by Crippen LogP contribution is -2.45. The molecule has 140 valence electrons. The SMILES string of the molecule is CC[C@@]1(O)C(=O)N(c2cccc(C(=O)N(C)[C@H]3COC[C@@H]3O)c2)N=C1C. The molecule has 2 aliphatic rings. The lowest BCUT2D eigenvalue weighted by atomic mass is 9.95. The maximum Gasteiger partial charge on any atom is 0.285 e. The second kappa shape index (κ2) is 6.79. The van der Waals surface area contributed by atoms with E-state index in [9.17, 15) is 19.8 Å². The number of anilines is 1. The van der Waals surface area contributed by atoms with Gasteiger partial charge in [0.15, 0.2) is 5.60 Å². The van der Waals surface area contributed by atoms with Crippen LogP contribution in [0.2, 0.25) is 0 Å². The Morgan fingerprint density at radius 2 is 2.19 bits per heavy atom. The molecule has 2 N–H and O–H groups in total. The number of aliphatic hydroxyl groups is 2. The molecule has 3 atom stereocenters. The Morgan fingerprint density at radius 3 is 2.77 bits per heavy atom. The van der Waals surface area contributed by atoms with Crippen molar-refractivity contribution in [1.29, 1.82) is 0 Å². The van der Waals surface area contributed by atoms with Gasteiger partial charge in [-0.15, -0.1) is 0 Å². The summed E-state index contributed by atoms with van der Waals surface area (Å²) in [4.78, 5) is 26.7. The summed E-state index contributed by atoms with van der Waals surface area (Å²) in [6.45, 7) is 3.80. The van der Waals surface area contributed by atoms with Gasteiger partial charge in [0.05, 0.1) is 36.8 Å². The van der Waals surface area contributed by atoms with Gasteiger partial charge in [-0.05, 0) is 31.5 Å². The molecule has 0 unspecified atom stereocenters. The molecule has 1 aromatic carbocycles. The summed E-state index contributed by atoms with van der Waals surface area (Å²) in [5, 5.41) is 25.7. The molecule has 1 aromatic rings. The summed E-state index contributed by atoms with van der Waals surface area (Å²) in [5.41, 5.74) is -0.523. The Bertz CT molecular complexity index is 765. The van der Waals surface area contributed by atoms with Gasteiger partial charge in [-0.3, -0.25) is 9.59 Å². The number of aliphatic hydroxyl groups excluding tert-OH is 1. The van der Waals surface area contributed by atoms with Crippen molar-refractivity contribution in [1.82, 2.24) is 4.90 Å². The average Bonchev–Trinajstić information content (AvgIpc) is 3.17. The minimum Gasteiger partial charge on any atom is -0.388 e. The first kappa shape index (κ1) is 18.5.